The van der Waals surface area contributed by atoms with Gasteiger partial charge >= 0.3 is 0 Å². The van der Waals surface area contributed by atoms with Gasteiger partial charge in [-0.1, -0.05) is 0 Å². The number of piperazine rings is 1. The highest BCUT2D eigenvalue weighted by molar-refractivity contribution is 5.80. The highest BCUT2D eigenvalue weighted by Gasteiger charge is 2.46. The number of nitrogens with zero attached hydrogens (tertiary/aromatic N) is 1. The molecule has 0 spiro atoms. The number of carbonyl (C=O) groups is 1. The molecule has 0 unspecified atom stereocenters. The Balaban J connectivity index is 1.81. The van der Waals surface area contributed by atoms with E-state index < -0.39 is 0 Å². The fourth-order valence-corrected chi connectivity index (χ4v) is 3.74. The van der Waals surface area contributed by atoms with Crippen molar-refractivity contribution in [1.82, 2.24) is 10.2 Å². The van der Waals surface area contributed by atoms with Gasteiger partial charge in [-0.3, -0.25) is 4.79 Å². The van der Waals surface area contributed by atoms with Gasteiger partial charge in [0.1, 0.15) is 0 Å². The van der Waals surface area contributed by atoms with E-state index in [1.165, 1.54) is 38.5 Å². The van der Waals surface area contributed by atoms with Crippen molar-refractivity contribution in [3.63, 3.8) is 0 Å². The molecule has 84 valence electrons. The third-order valence-corrected chi connectivity index (χ3v) is 4.72. The molecule has 1 aliphatic heterocycles. The lowest BCUT2D eigenvalue weighted by Crippen LogP contribution is -2.61. The standard InChI is InChI=1S/C12H20N2O/c15-11-9-13-7-8-14(11)12-4-1-10(2-5-12)3-6-12/h10,13H,1-9H2. The molecule has 0 atom stereocenters. The van der Waals surface area contributed by atoms with E-state index >= 15 is 0 Å². The number of hydrogen-bond donors (Lipinski definition) is 1. The molecule has 1 heterocycles. The van der Waals surface area contributed by atoms with Crippen LogP contribution in [0.2, 0.25) is 0 Å². The van der Waals surface area contributed by atoms with Gasteiger partial charge in [0.15, 0.2) is 0 Å². The molecular weight excluding hydrogens is 188 g/mol. The van der Waals surface area contributed by atoms with Gasteiger partial charge in [-0.15, -0.1) is 0 Å². The maximum absolute atomic E-state index is 11.9. The molecule has 0 radical (unpaired) electrons. The van der Waals surface area contributed by atoms with Crippen LogP contribution in [0.15, 0.2) is 0 Å². The molecule has 3 saturated carbocycles. The molecule has 1 N–H and O–H groups in total. The Morgan fingerprint density at radius 3 is 2.47 bits per heavy atom. The average molecular weight is 208 g/mol. The van der Waals surface area contributed by atoms with Crippen LogP contribution in [0.5, 0.6) is 0 Å². The first-order valence-electron chi connectivity index (χ1n) is 6.31. The summed E-state index contributed by atoms with van der Waals surface area (Å²) in [6, 6.07) is 0. The molecule has 1 saturated heterocycles. The fraction of sp³-hybridized carbons (Fsp3) is 0.917. The molecule has 4 aliphatic rings. The zero-order chi connectivity index (χ0) is 10.3. The Kier molecular flexibility index (Phi) is 2.23. The summed E-state index contributed by atoms with van der Waals surface area (Å²) in [4.78, 5) is 14.1. The highest BCUT2D eigenvalue weighted by atomic mass is 16.2. The normalized spacial score (nSPS) is 40.9. The number of hydrogen-bond acceptors (Lipinski definition) is 2. The number of rotatable bonds is 1. The third-order valence-electron chi connectivity index (χ3n) is 4.72. The van der Waals surface area contributed by atoms with Gasteiger partial charge in [0.2, 0.25) is 5.91 Å². The molecule has 3 nitrogen and oxygen atoms in total. The van der Waals surface area contributed by atoms with Crippen LogP contribution in [0.4, 0.5) is 0 Å². The summed E-state index contributed by atoms with van der Waals surface area (Å²) < 4.78 is 0. The molecular formula is C12H20N2O. The van der Waals surface area contributed by atoms with Gasteiger partial charge in [0, 0.05) is 18.6 Å². The smallest absolute Gasteiger partial charge is 0.237 e. The van der Waals surface area contributed by atoms with Gasteiger partial charge in [-0.05, 0) is 44.4 Å². The Bertz CT molecular complexity index is 255. The lowest BCUT2D eigenvalue weighted by molar-refractivity contribution is -0.144. The van der Waals surface area contributed by atoms with Crippen molar-refractivity contribution < 1.29 is 4.79 Å². The molecule has 4 fully saturated rings. The summed E-state index contributed by atoms with van der Waals surface area (Å²) in [5.74, 6) is 1.31. The second-order valence-electron chi connectivity index (χ2n) is 5.43. The van der Waals surface area contributed by atoms with Crippen molar-refractivity contribution in [2.75, 3.05) is 19.6 Å². The average Bonchev–Trinajstić information content (AvgIpc) is 2.32. The van der Waals surface area contributed by atoms with E-state index in [9.17, 15) is 4.79 Å². The summed E-state index contributed by atoms with van der Waals surface area (Å²) in [6.07, 6.45) is 7.88. The Morgan fingerprint density at radius 1 is 1.20 bits per heavy atom. The second kappa shape index (κ2) is 3.48. The van der Waals surface area contributed by atoms with Gasteiger partial charge in [0.25, 0.3) is 0 Å². The van der Waals surface area contributed by atoms with E-state index in [2.05, 4.69) is 10.2 Å². The number of nitrogens with one attached hydrogen (secondary N) is 1. The van der Waals surface area contributed by atoms with Gasteiger partial charge in [-0.25, -0.2) is 0 Å². The van der Waals surface area contributed by atoms with E-state index in [0.717, 1.165) is 19.0 Å². The number of amides is 1. The van der Waals surface area contributed by atoms with E-state index in [1.54, 1.807) is 0 Å². The van der Waals surface area contributed by atoms with E-state index in [1.807, 2.05) is 0 Å². The summed E-state index contributed by atoms with van der Waals surface area (Å²) in [7, 11) is 0. The number of fused-ring (bicyclic) bond motifs is 3. The van der Waals surface area contributed by atoms with Crippen molar-refractivity contribution >= 4 is 5.91 Å². The molecule has 15 heavy (non-hydrogen) atoms. The highest BCUT2D eigenvalue weighted by Crippen LogP contribution is 2.47. The minimum atomic E-state index is 0.272. The van der Waals surface area contributed by atoms with Crippen LogP contribution in [0.1, 0.15) is 38.5 Å². The molecule has 2 bridgehead atoms. The minimum absolute atomic E-state index is 0.272. The van der Waals surface area contributed by atoms with E-state index in [4.69, 9.17) is 0 Å². The van der Waals surface area contributed by atoms with Gasteiger partial charge < -0.3 is 10.2 Å². The summed E-state index contributed by atoms with van der Waals surface area (Å²) in [6.45, 7) is 2.48. The van der Waals surface area contributed by atoms with Crippen molar-refractivity contribution in [2.24, 2.45) is 5.92 Å². The van der Waals surface area contributed by atoms with E-state index in [-0.39, 0.29) is 5.54 Å². The van der Waals surface area contributed by atoms with Crippen LogP contribution in [-0.4, -0.2) is 36.0 Å². The molecule has 0 aromatic rings. The van der Waals surface area contributed by atoms with Crippen LogP contribution < -0.4 is 5.32 Å². The molecule has 0 aromatic heterocycles. The first-order chi connectivity index (χ1) is 7.30. The second-order valence-corrected chi connectivity index (χ2v) is 5.43. The maximum Gasteiger partial charge on any atom is 0.237 e. The Morgan fingerprint density at radius 2 is 1.87 bits per heavy atom. The van der Waals surface area contributed by atoms with Crippen molar-refractivity contribution in [1.29, 1.82) is 0 Å². The van der Waals surface area contributed by atoms with E-state index in [0.29, 0.717) is 12.5 Å². The monoisotopic (exact) mass is 208 g/mol. The van der Waals surface area contributed by atoms with Crippen molar-refractivity contribution in [3.8, 4) is 0 Å². The van der Waals surface area contributed by atoms with Crippen LogP contribution in [0.25, 0.3) is 0 Å². The SMILES string of the molecule is O=C1CNCCN1C12CCC(CC1)CC2. The Hall–Kier alpha value is -0.570. The molecule has 3 aliphatic carbocycles. The summed E-state index contributed by atoms with van der Waals surface area (Å²) in [5.41, 5.74) is 0.272. The quantitative estimate of drug-likeness (QED) is 0.701. The van der Waals surface area contributed by atoms with Crippen LogP contribution in [0, 0.1) is 5.92 Å². The minimum Gasteiger partial charge on any atom is -0.335 e. The largest absolute Gasteiger partial charge is 0.335 e. The topological polar surface area (TPSA) is 32.3 Å². The van der Waals surface area contributed by atoms with Crippen molar-refractivity contribution in [2.45, 2.75) is 44.1 Å². The lowest BCUT2D eigenvalue weighted by Gasteiger charge is -2.53. The van der Waals surface area contributed by atoms with Crippen LogP contribution in [-0.2, 0) is 4.79 Å². The molecule has 4 rings (SSSR count). The number of carbonyl (C=O) groups excluding carboxylic acids is 1. The van der Waals surface area contributed by atoms with Crippen LogP contribution >= 0.6 is 0 Å². The first kappa shape index (κ1) is 9.64. The molecule has 3 heteroatoms. The zero-order valence-corrected chi connectivity index (χ0v) is 9.30. The van der Waals surface area contributed by atoms with Crippen molar-refractivity contribution in [3.05, 3.63) is 0 Å². The fourth-order valence-electron chi connectivity index (χ4n) is 3.74. The third kappa shape index (κ3) is 1.48. The molecule has 0 aromatic carbocycles. The van der Waals surface area contributed by atoms with Crippen LogP contribution in [0.3, 0.4) is 0 Å². The predicted octanol–water partition coefficient (Wildman–Crippen LogP) is 1.14. The zero-order valence-electron chi connectivity index (χ0n) is 9.30. The first-order valence-corrected chi connectivity index (χ1v) is 6.31. The maximum atomic E-state index is 11.9. The predicted molar refractivity (Wildman–Crippen MR) is 58.5 cm³/mol. The summed E-state index contributed by atoms with van der Waals surface area (Å²) in [5, 5.41) is 3.17. The molecule has 1 amide bonds. The van der Waals surface area contributed by atoms with Gasteiger partial charge in [0.05, 0.1) is 6.54 Å². The summed E-state index contributed by atoms with van der Waals surface area (Å²) >= 11 is 0. The lowest BCUT2D eigenvalue weighted by atomic mass is 9.65. The van der Waals surface area contributed by atoms with Gasteiger partial charge in [-0.2, -0.15) is 0 Å². The Labute approximate surface area is 91.2 Å².